The number of nitro benzene ring substituents is 1. The van der Waals surface area contributed by atoms with Crippen molar-refractivity contribution >= 4 is 21.4 Å². The number of hydrogen-bond acceptors (Lipinski definition) is 6. The number of amides is 1. The Morgan fingerprint density at radius 2 is 1.84 bits per heavy atom. The minimum absolute atomic E-state index is 0.0712. The Kier molecular flexibility index (Phi) is 5.79. The van der Waals surface area contributed by atoms with Crippen molar-refractivity contribution in [2.24, 2.45) is 0 Å². The molecule has 8 nitrogen and oxygen atoms in total. The highest BCUT2D eigenvalue weighted by molar-refractivity contribution is 7.91. The van der Waals surface area contributed by atoms with Gasteiger partial charge in [0.1, 0.15) is 5.56 Å². The molecule has 138 valence electrons. The molecule has 1 aromatic rings. The lowest BCUT2D eigenvalue weighted by atomic mass is 10.1. The van der Waals surface area contributed by atoms with Gasteiger partial charge in [-0.05, 0) is 26.0 Å². The number of hydrogen-bond donors (Lipinski definition) is 0. The molecule has 0 saturated carbocycles. The molecule has 1 aromatic carbocycles. The highest BCUT2D eigenvalue weighted by Gasteiger charge is 2.29. The third-order valence-electron chi connectivity index (χ3n) is 4.47. The zero-order valence-corrected chi connectivity index (χ0v) is 15.5. The summed E-state index contributed by atoms with van der Waals surface area (Å²) < 4.78 is 23.9. The fraction of sp³-hybridized carbons (Fsp3) is 0.562. The maximum atomic E-state index is 12.7. The first-order valence-electron chi connectivity index (χ1n) is 8.22. The zero-order valence-electron chi connectivity index (χ0n) is 14.6. The van der Waals surface area contributed by atoms with E-state index in [2.05, 4.69) is 18.7 Å². The van der Waals surface area contributed by atoms with Gasteiger partial charge in [0.2, 0.25) is 0 Å². The van der Waals surface area contributed by atoms with E-state index in [-0.39, 0.29) is 16.2 Å². The topological polar surface area (TPSA) is 101 Å². The summed E-state index contributed by atoms with van der Waals surface area (Å²) in [6, 6.07) is 3.88. The van der Waals surface area contributed by atoms with Crippen molar-refractivity contribution in [2.45, 2.75) is 31.7 Å². The van der Waals surface area contributed by atoms with Crippen molar-refractivity contribution in [3.8, 4) is 0 Å². The van der Waals surface area contributed by atoms with Crippen LogP contribution < -0.4 is 0 Å². The Morgan fingerprint density at radius 1 is 1.24 bits per heavy atom. The Morgan fingerprint density at radius 3 is 2.32 bits per heavy atom. The first-order valence-corrected chi connectivity index (χ1v) is 9.87. The molecule has 1 amide bonds. The molecule has 2 rings (SSSR count). The van der Waals surface area contributed by atoms with Crippen LogP contribution in [-0.4, -0.2) is 67.0 Å². The van der Waals surface area contributed by atoms with E-state index in [0.29, 0.717) is 32.2 Å². The van der Waals surface area contributed by atoms with Gasteiger partial charge in [0.25, 0.3) is 11.6 Å². The molecule has 1 heterocycles. The number of benzene rings is 1. The molecular formula is C16H23N3O5S. The van der Waals surface area contributed by atoms with E-state index in [9.17, 15) is 23.3 Å². The first-order chi connectivity index (χ1) is 11.7. The van der Waals surface area contributed by atoms with Gasteiger partial charge in [0.15, 0.2) is 9.84 Å². The second-order valence-corrected chi connectivity index (χ2v) is 8.54. The van der Waals surface area contributed by atoms with Crippen molar-refractivity contribution in [1.29, 1.82) is 0 Å². The lowest BCUT2D eigenvalue weighted by Crippen LogP contribution is -2.50. The van der Waals surface area contributed by atoms with E-state index in [0.717, 1.165) is 6.07 Å². The number of carbonyl (C=O) groups is 1. The molecule has 1 aliphatic heterocycles. The molecule has 0 bridgehead atoms. The van der Waals surface area contributed by atoms with E-state index < -0.39 is 26.4 Å². The molecule has 1 saturated heterocycles. The van der Waals surface area contributed by atoms with E-state index in [1.54, 1.807) is 4.90 Å². The van der Waals surface area contributed by atoms with Crippen LogP contribution in [0.25, 0.3) is 0 Å². The van der Waals surface area contributed by atoms with Crippen LogP contribution in [0.5, 0.6) is 0 Å². The van der Waals surface area contributed by atoms with E-state index in [1.165, 1.54) is 19.1 Å². The predicted molar refractivity (Wildman–Crippen MR) is 93.4 cm³/mol. The van der Waals surface area contributed by atoms with Gasteiger partial charge in [-0.15, -0.1) is 0 Å². The van der Waals surface area contributed by atoms with Crippen molar-refractivity contribution in [3.05, 3.63) is 33.9 Å². The summed E-state index contributed by atoms with van der Waals surface area (Å²) >= 11 is 0. The Bertz CT molecular complexity index is 768. The Labute approximate surface area is 147 Å². The fourth-order valence-corrected chi connectivity index (χ4v) is 3.72. The summed E-state index contributed by atoms with van der Waals surface area (Å²) in [4.78, 5) is 27.0. The summed E-state index contributed by atoms with van der Waals surface area (Å²) in [5.74, 6) is -0.593. The van der Waals surface area contributed by atoms with Crippen molar-refractivity contribution in [1.82, 2.24) is 9.80 Å². The highest BCUT2D eigenvalue weighted by atomic mass is 32.2. The summed E-state index contributed by atoms with van der Waals surface area (Å²) in [7, 11) is -3.57. The normalized spacial score (nSPS) is 16.2. The van der Waals surface area contributed by atoms with Crippen LogP contribution >= 0.6 is 0 Å². The van der Waals surface area contributed by atoms with Gasteiger partial charge in [-0.2, -0.15) is 0 Å². The second kappa shape index (κ2) is 7.49. The van der Waals surface area contributed by atoms with E-state index in [4.69, 9.17) is 0 Å². The summed E-state index contributed by atoms with van der Waals surface area (Å²) in [5.41, 5.74) is -0.538. The molecule has 0 radical (unpaired) electrons. The molecule has 0 spiro atoms. The minimum Gasteiger partial charge on any atom is -0.336 e. The van der Waals surface area contributed by atoms with Crippen LogP contribution in [0, 0.1) is 10.1 Å². The van der Waals surface area contributed by atoms with Crippen molar-refractivity contribution < 1.29 is 18.1 Å². The van der Waals surface area contributed by atoms with Crippen LogP contribution in [0.2, 0.25) is 0 Å². The molecule has 0 aliphatic carbocycles. The predicted octanol–water partition coefficient (Wildman–Crippen LogP) is 1.55. The largest absolute Gasteiger partial charge is 0.336 e. The van der Waals surface area contributed by atoms with Gasteiger partial charge in [0, 0.05) is 38.3 Å². The number of sulfone groups is 1. The number of nitro groups is 1. The second-order valence-electron chi connectivity index (χ2n) is 6.26. The number of rotatable bonds is 5. The average Bonchev–Trinajstić information content (AvgIpc) is 2.60. The number of piperazine rings is 1. The average molecular weight is 369 g/mol. The van der Waals surface area contributed by atoms with Crippen LogP contribution in [-0.2, 0) is 9.84 Å². The summed E-state index contributed by atoms with van der Waals surface area (Å²) in [5, 5.41) is 11.3. The summed E-state index contributed by atoms with van der Waals surface area (Å²) in [6.45, 7) is 8.02. The fourth-order valence-electron chi connectivity index (χ4n) is 2.82. The Balaban J connectivity index is 2.30. The highest BCUT2D eigenvalue weighted by Crippen LogP contribution is 2.25. The third kappa shape index (κ3) is 4.16. The van der Waals surface area contributed by atoms with Crippen molar-refractivity contribution in [3.63, 3.8) is 0 Å². The first kappa shape index (κ1) is 19.3. The quantitative estimate of drug-likeness (QED) is 0.577. The molecule has 0 atom stereocenters. The van der Waals surface area contributed by atoms with E-state index >= 15 is 0 Å². The standard InChI is InChI=1S/C16H23N3O5S/c1-4-25(23,24)13-5-6-14(15(11-13)19(21)22)16(20)18-9-7-17(8-10-18)12(2)3/h5-6,11-12H,4,7-10H2,1-3H3. The minimum atomic E-state index is -3.57. The van der Waals surface area contributed by atoms with Crippen LogP contribution in [0.3, 0.4) is 0 Å². The molecule has 0 N–H and O–H groups in total. The maximum absolute atomic E-state index is 12.7. The zero-order chi connectivity index (χ0) is 18.8. The molecule has 1 fully saturated rings. The molecule has 25 heavy (non-hydrogen) atoms. The lowest BCUT2D eigenvalue weighted by molar-refractivity contribution is -0.385. The van der Waals surface area contributed by atoms with Gasteiger partial charge in [0.05, 0.1) is 15.6 Å². The van der Waals surface area contributed by atoms with E-state index in [1.807, 2.05) is 0 Å². The molecule has 0 aromatic heterocycles. The van der Waals surface area contributed by atoms with Crippen molar-refractivity contribution in [2.75, 3.05) is 31.9 Å². The molecule has 1 aliphatic rings. The lowest BCUT2D eigenvalue weighted by Gasteiger charge is -2.36. The van der Waals surface area contributed by atoms with Gasteiger partial charge in [-0.1, -0.05) is 6.92 Å². The Hall–Kier alpha value is -2.00. The third-order valence-corrected chi connectivity index (χ3v) is 6.20. The van der Waals surface area contributed by atoms with Crippen LogP contribution in [0.15, 0.2) is 23.1 Å². The molecular weight excluding hydrogens is 346 g/mol. The molecule has 9 heteroatoms. The smallest absolute Gasteiger partial charge is 0.283 e. The monoisotopic (exact) mass is 369 g/mol. The SMILES string of the molecule is CCS(=O)(=O)c1ccc(C(=O)N2CCN(C(C)C)CC2)c([N+](=O)[O-])c1. The number of carbonyl (C=O) groups excluding carboxylic acids is 1. The van der Waals surface area contributed by atoms with Gasteiger partial charge in [-0.25, -0.2) is 8.42 Å². The molecule has 0 unspecified atom stereocenters. The van der Waals surface area contributed by atoms with Gasteiger partial charge in [-0.3, -0.25) is 19.8 Å². The van der Waals surface area contributed by atoms with Gasteiger partial charge < -0.3 is 4.90 Å². The maximum Gasteiger partial charge on any atom is 0.283 e. The van der Waals surface area contributed by atoms with Crippen LogP contribution in [0.1, 0.15) is 31.1 Å². The van der Waals surface area contributed by atoms with Gasteiger partial charge >= 0.3 is 0 Å². The summed E-state index contributed by atoms with van der Waals surface area (Å²) in [6.07, 6.45) is 0. The number of nitrogens with zero attached hydrogens (tertiary/aromatic N) is 3. The van der Waals surface area contributed by atoms with Crippen LogP contribution in [0.4, 0.5) is 5.69 Å².